The van der Waals surface area contributed by atoms with Crippen LogP contribution in [0.5, 0.6) is 0 Å². The van der Waals surface area contributed by atoms with Crippen molar-refractivity contribution in [3.8, 4) is 0 Å². The van der Waals surface area contributed by atoms with Gasteiger partial charge >= 0.3 is 0 Å². The molecule has 0 atom stereocenters. The number of benzene rings is 1. The van der Waals surface area contributed by atoms with E-state index in [1.165, 1.54) is 12.1 Å². The number of halogens is 1. The zero-order valence-corrected chi connectivity index (χ0v) is 12.6. The molecule has 0 fully saturated rings. The lowest BCUT2D eigenvalue weighted by Gasteiger charge is -2.10. The van der Waals surface area contributed by atoms with E-state index in [-0.39, 0.29) is 28.8 Å². The first-order valence-electron chi connectivity index (χ1n) is 6.26. The Hall–Kier alpha value is -1.15. The predicted octanol–water partition coefficient (Wildman–Crippen LogP) is 0.722. The van der Waals surface area contributed by atoms with Gasteiger partial charge in [-0.15, -0.1) is 0 Å². The van der Waals surface area contributed by atoms with Gasteiger partial charge in [-0.05, 0) is 24.2 Å². The molecule has 1 aromatic rings. The van der Waals surface area contributed by atoms with Crippen molar-refractivity contribution in [1.29, 1.82) is 0 Å². The minimum atomic E-state index is -3.67. The van der Waals surface area contributed by atoms with Crippen molar-refractivity contribution < 1.29 is 13.2 Å². The number of hydrogen-bond donors (Lipinski definition) is 3. The quantitative estimate of drug-likeness (QED) is 0.675. The summed E-state index contributed by atoms with van der Waals surface area (Å²) in [5.74, 6) is -0.161. The molecular formula is C12H16ClN3O3S. The van der Waals surface area contributed by atoms with Crippen molar-refractivity contribution in [2.24, 2.45) is 0 Å². The van der Waals surface area contributed by atoms with Crippen LogP contribution >= 0.6 is 11.6 Å². The van der Waals surface area contributed by atoms with Crippen LogP contribution in [-0.4, -0.2) is 34.0 Å². The molecule has 20 heavy (non-hydrogen) atoms. The van der Waals surface area contributed by atoms with E-state index in [1.54, 1.807) is 0 Å². The van der Waals surface area contributed by atoms with Crippen molar-refractivity contribution in [3.05, 3.63) is 22.7 Å². The van der Waals surface area contributed by atoms with Crippen molar-refractivity contribution in [2.45, 2.75) is 18.2 Å². The molecule has 3 N–H and O–H groups in total. The summed E-state index contributed by atoms with van der Waals surface area (Å²) in [7, 11) is -3.67. The molecule has 1 aliphatic heterocycles. The molecule has 0 bridgehead atoms. The van der Waals surface area contributed by atoms with Gasteiger partial charge in [0.25, 0.3) is 0 Å². The lowest BCUT2D eigenvalue weighted by atomic mass is 10.2. The fraction of sp³-hybridized carbons (Fsp3) is 0.417. The van der Waals surface area contributed by atoms with Crippen LogP contribution in [0, 0.1) is 0 Å². The Morgan fingerprint density at radius 3 is 2.80 bits per heavy atom. The van der Waals surface area contributed by atoms with Gasteiger partial charge in [0.1, 0.15) is 4.90 Å². The highest BCUT2D eigenvalue weighted by molar-refractivity contribution is 7.89. The Morgan fingerprint density at radius 1 is 1.35 bits per heavy atom. The summed E-state index contributed by atoms with van der Waals surface area (Å²) >= 11 is 5.99. The van der Waals surface area contributed by atoms with Crippen LogP contribution in [0.3, 0.4) is 0 Å². The molecule has 1 aromatic carbocycles. The lowest BCUT2D eigenvalue weighted by molar-refractivity contribution is -0.115. The minimum Gasteiger partial charge on any atom is -0.325 e. The van der Waals surface area contributed by atoms with E-state index in [4.69, 9.17) is 11.6 Å². The SMILES string of the molecule is CCNCCNS(=O)(=O)c1cc2c(cc1Cl)NC(=O)C2. The van der Waals surface area contributed by atoms with Gasteiger partial charge < -0.3 is 10.6 Å². The highest BCUT2D eigenvalue weighted by Crippen LogP contribution is 2.31. The third-order valence-corrected chi connectivity index (χ3v) is 4.84. The second-order valence-electron chi connectivity index (χ2n) is 4.42. The van der Waals surface area contributed by atoms with Gasteiger partial charge in [0, 0.05) is 18.8 Å². The number of carbonyl (C=O) groups excluding carboxylic acids is 1. The average molecular weight is 318 g/mol. The second kappa shape index (κ2) is 6.09. The third-order valence-electron chi connectivity index (χ3n) is 2.92. The molecule has 1 aliphatic rings. The fourth-order valence-electron chi connectivity index (χ4n) is 1.96. The number of anilines is 1. The molecule has 0 radical (unpaired) electrons. The van der Waals surface area contributed by atoms with E-state index in [1.807, 2.05) is 6.92 Å². The monoisotopic (exact) mass is 317 g/mol. The maximum atomic E-state index is 12.2. The third kappa shape index (κ3) is 3.29. The van der Waals surface area contributed by atoms with E-state index in [0.717, 1.165) is 6.54 Å². The molecule has 2 rings (SSSR count). The van der Waals surface area contributed by atoms with Crippen molar-refractivity contribution >= 4 is 33.2 Å². The summed E-state index contributed by atoms with van der Waals surface area (Å²) in [6.07, 6.45) is 0.173. The number of sulfonamides is 1. The molecule has 8 heteroatoms. The first kappa shape index (κ1) is 15.2. The van der Waals surface area contributed by atoms with Gasteiger partial charge in [0.2, 0.25) is 15.9 Å². The zero-order chi connectivity index (χ0) is 14.8. The van der Waals surface area contributed by atoms with Crippen LogP contribution in [0.25, 0.3) is 0 Å². The molecular weight excluding hydrogens is 302 g/mol. The summed E-state index contributed by atoms with van der Waals surface area (Å²) in [6, 6.07) is 2.92. The first-order valence-corrected chi connectivity index (χ1v) is 8.13. The van der Waals surface area contributed by atoms with Crippen molar-refractivity contribution in [2.75, 3.05) is 25.0 Å². The molecule has 0 saturated carbocycles. The highest BCUT2D eigenvalue weighted by atomic mass is 35.5. The number of fused-ring (bicyclic) bond motifs is 1. The molecule has 1 amide bonds. The Labute approximate surface area is 122 Å². The fourth-order valence-corrected chi connectivity index (χ4v) is 3.57. The van der Waals surface area contributed by atoms with E-state index in [0.29, 0.717) is 17.8 Å². The first-order chi connectivity index (χ1) is 9.44. The maximum Gasteiger partial charge on any atom is 0.242 e. The van der Waals surface area contributed by atoms with Gasteiger partial charge in [-0.25, -0.2) is 13.1 Å². The van der Waals surface area contributed by atoms with Gasteiger partial charge in [-0.3, -0.25) is 4.79 Å². The van der Waals surface area contributed by atoms with E-state index in [9.17, 15) is 13.2 Å². The minimum absolute atomic E-state index is 0.00548. The van der Waals surface area contributed by atoms with Crippen LogP contribution < -0.4 is 15.4 Å². The number of carbonyl (C=O) groups is 1. The number of rotatable bonds is 6. The summed E-state index contributed by atoms with van der Waals surface area (Å²) < 4.78 is 26.8. The topological polar surface area (TPSA) is 87.3 Å². The maximum absolute atomic E-state index is 12.2. The van der Waals surface area contributed by atoms with E-state index in [2.05, 4.69) is 15.4 Å². The number of likely N-dealkylation sites (N-methyl/N-ethyl adjacent to an activating group) is 1. The molecule has 110 valence electrons. The Morgan fingerprint density at radius 2 is 2.10 bits per heavy atom. The smallest absolute Gasteiger partial charge is 0.242 e. The summed E-state index contributed by atoms with van der Waals surface area (Å²) in [4.78, 5) is 11.3. The predicted molar refractivity (Wildman–Crippen MR) is 77.5 cm³/mol. The van der Waals surface area contributed by atoms with E-state index >= 15 is 0 Å². The van der Waals surface area contributed by atoms with Crippen LogP contribution in [0.4, 0.5) is 5.69 Å². The van der Waals surface area contributed by atoms with Crippen molar-refractivity contribution in [3.63, 3.8) is 0 Å². The highest BCUT2D eigenvalue weighted by Gasteiger charge is 2.24. The molecule has 0 spiro atoms. The van der Waals surface area contributed by atoms with E-state index < -0.39 is 10.0 Å². The molecule has 0 unspecified atom stereocenters. The van der Waals surface area contributed by atoms with Crippen molar-refractivity contribution in [1.82, 2.24) is 10.0 Å². The molecule has 0 aliphatic carbocycles. The standard InChI is InChI=1S/C12H16ClN3O3S/c1-2-14-3-4-15-20(18,19)11-5-8-6-12(17)16-10(8)7-9(11)13/h5,7,14-15H,2-4,6H2,1H3,(H,16,17). The zero-order valence-electron chi connectivity index (χ0n) is 11.0. The number of nitrogens with one attached hydrogen (secondary N) is 3. The number of amides is 1. The molecule has 0 aromatic heterocycles. The summed E-state index contributed by atoms with van der Waals surface area (Å²) in [6.45, 7) is 3.53. The van der Waals surface area contributed by atoms with Gasteiger partial charge in [0.15, 0.2) is 0 Å². The largest absolute Gasteiger partial charge is 0.325 e. The van der Waals surface area contributed by atoms with Crippen LogP contribution in [-0.2, 0) is 21.2 Å². The Balaban J connectivity index is 2.20. The summed E-state index contributed by atoms with van der Waals surface area (Å²) in [5.41, 5.74) is 1.22. The Kier molecular flexibility index (Phi) is 4.64. The summed E-state index contributed by atoms with van der Waals surface area (Å²) in [5, 5.41) is 5.75. The molecule has 0 saturated heterocycles. The normalized spacial score (nSPS) is 14.2. The second-order valence-corrected chi connectivity index (χ2v) is 6.56. The van der Waals surface area contributed by atoms with Crippen LogP contribution in [0.15, 0.2) is 17.0 Å². The van der Waals surface area contributed by atoms with Gasteiger partial charge in [0.05, 0.1) is 11.4 Å². The average Bonchev–Trinajstić information content (AvgIpc) is 2.73. The Bertz CT molecular complexity index is 631. The molecule has 1 heterocycles. The lowest BCUT2D eigenvalue weighted by Crippen LogP contribution is -2.32. The van der Waals surface area contributed by atoms with Gasteiger partial charge in [-0.1, -0.05) is 18.5 Å². The van der Waals surface area contributed by atoms with Gasteiger partial charge in [-0.2, -0.15) is 0 Å². The molecule has 6 nitrogen and oxygen atoms in total. The van der Waals surface area contributed by atoms with Crippen LogP contribution in [0.1, 0.15) is 12.5 Å². The number of hydrogen-bond acceptors (Lipinski definition) is 4. The van der Waals surface area contributed by atoms with Crippen LogP contribution in [0.2, 0.25) is 5.02 Å².